The summed E-state index contributed by atoms with van der Waals surface area (Å²) in [6, 6.07) is 5.78. The molecule has 4 rings (SSSR count). The van der Waals surface area contributed by atoms with Crippen molar-refractivity contribution in [3.63, 3.8) is 0 Å². The number of hydrogen-bond donors (Lipinski definition) is 3. The van der Waals surface area contributed by atoms with Crippen LogP contribution in [0.15, 0.2) is 63.8 Å². The lowest BCUT2D eigenvalue weighted by atomic mass is 10.0. The SMILES string of the molecule is NCCC[n+]1ccc(SCC2=C(C(=O)O)N3C(=O)[C@@H](NC(=O)CSc4cc(C(F)(F)F)ccc4Cl)[C@H]3SC2)cc1. The van der Waals surface area contributed by atoms with E-state index in [2.05, 4.69) is 5.32 Å². The van der Waals surface area contributed by atoms with Gasteiger partial charge in [-0.2, -0.15) is 13.2 Å². The fraction of sp³-hybridized carbons (Fsp3) is 0.360. The molecule has 1 fully saturated rings. The Morgan fingerprint density at radius 2 is 1.95 bits per heavy atom. The van der Waals surface area contributed by atoms with Crippen LogP contribution in [-0.2, 0) is 27.1 Å². The number of thioether (sulfide) groups is 3. The Kier molecular flexibility index (Phi) is 9.98. The normalized spacial score (nSPS) is 18.8. The molecule has 3 heterocycles. The average molecular weight is 634 g/mol. The summed E-state index contributed by atoms with van der Waals surface area (Å²) in [7, 11) is 0. The number of aryl methyl sites for hydroxylation is 1. The van der Waals surface area contributed by atoms with Gasteiger partial charge in [0, 0.05) is 39.9 Å². The van der Waals surface area contributed by atoms with Crippen molar-refractivity contribution in [1.29, 1.82) is 0 Å². The van der Waals surface area contributed by atoms with Crippen molar-refractivity contribution in [2.24, 2.45) is 5.73 Å². The zero-order chi connectivity index (χ0) is 29.0. The first-order valence-electron chi connectivity index (χ1n) is 12.0. The van der Waals surface area contributed by atoms with Crippen LogP contribution in [0.4, 0.5) is 13.2 Å². The van der Waals surface area contributed by atoms with E-state index in [9.17, 15) is 32.7 Å². The summed E-state index contributed by atoms with van der Waals surface area (Å²) in [6.07, 6.45) is 0.172. The van der Waals surface area contributed by atoms with Crippen LogP contribution >= 0.6 is 46.9 Å². The molecule has 0 unspecified atom stereocenters. The number of nitrogens with one attached hydrogen (secondary N) is 1. The summed E-state index contributed by atoms with van der Waals surface area (Å²) in [5.41, 5.74) is 5.18. The number of carboxylic acids is 1. The first kappa shape index (κ1) is 30.6. The Hall–Kier alpha value is -2.39. The van der Waals surface area contributed by atoms with Gasteiger partial charge in [-0.05, 0) is 30.3 Å². The Labute approximate surface area is 245 Å². The predicted octanol–water partition coefficient (Wildman–Crippen LogP) is 3.62. The number of alkyl halides is 3. The molecule has 1 aromatic heterocycles. The minimum Gasteiger partial charge on any atom is -0.477 e. The van der Waals surface area contributed by atoms with Crippen molar-refractivity contribution in [3.8, 4) is 0 Å². The lowest BCUT2D eigenvalue weighted by Crippen LogP contribution is -2.70. The van der Waals surface area contributed by atoms with Crippen LogP contribution in [0, 0.1) is 0 Å². The number of carboxylic acid groups (broad SMARTS) is 1. The molecular weight excluding hydrogens is 609 g/mol. The maximum absolute atomic E-state index is 13.0. The Bertz CT molecular complexity index is 1330. The average Bonchev–Trinajstić information content (AvgIpc) is 2.92. The van der Waals surface area contributed by atoms with Gasteiger partial charge in [-0.15, -0.1) is 35.3 Å². The van der Waals surface area contributed by atoms with Gasteiger partial charge in [0.2, 0.25) is 5.91 Å². The number of fused-ring (bicyclic) bond motifs is 1. The molecule has 2 aliphatic rings. The number of carbonyl (C=O) groups excluding carboxylic acids is 2. The van der Waals surface area contributed by atoms with Crippen LogP contribution in [0.2, 0.25) is 5.02 Å². The summed E-state index contributed by atoms with van der Waals surface area (Å²) in [6.45, 7) is 1.40. The predicted molar refractivity (Wildman–Crippen MR) is 148 cm³/mol. The van der Waals surface area contributed by atoms with E-state index in [1.54, 1.807) is 0 Å². The molecule has 2 amide bonds. The number of aromatic nitrogens is 1. The largest absolute Gasteiger partial charge is 0.477 e. The van der Waals surface area contributed by atoms with Gasteiger partial charge in [0.25, 0.3) is 5.91 Å². The highest BCUT2D eigenvalue weighted by atomic mass is 35.5. The van der Waals surface area contributed by atoms with Gasteiger partial charge in [0.1, 0.15) is 23.7 Å². The number of hydrogen-bond acceptors (Lipinski definition) is 7. The number of rotatable bonds is 11. The second kappa shape index (κ2) is 13.1. The van der Waals surface area contributed by atoms with Crippen LogP contribution in [0.25, 0.3) is 0 Å². The lowest BCUT2D eigenvalue weighted by molar-refractivity contribution is -0.697. The molecule has 0 aliphatic carbocycles. The first-order chi connectivity index (χ1) is 19.0. The third kappa shape index (κ3) is 7.08. The quantitative estimate of drug-likeness (QED) is 0.195. The number of benzene rings is 1. The fourth-order valence-corrected chi connectivity index (χ4v) is 7.51. The molecule has 0 saturated carbocycles. The van der Waals surface area contributed by atoms with E-state index in [1.165, 1.54) is 28.4 Å². The maximum Gasteiger partial charge on any atom is 0.416 e. The Morgan fingerprint density at radius 1 is 1.23 bits per heavy atom. The summed E-state index contributed by atoms with van der Waals surface area (Å²) in [5.74, 6) is -1.87. The van der Waals surface area contributed by atoms with E-state index < -0.39 is 40.9 Å². The Balaban J connectivity index is 1.36. The third-order valence-electron chi connectivity index (χ3n) is 6.08. The van der Waals surface area contributed by atoms with Crippen LogP contribution in [0.3, 0.4) is 0 Å². The minimum absolute atomic E-state index is 0.0717. The molecule has 214 valence electrons. The molecule has 1 aromatic carbocycles. The molecule has 0 spiro atoms. The number of halogens is 4. The van der Waals surface area contributed by atoms with Gasteiger partial charge in [-0.1, -0.05) is 11.6 Å². The number of carbonyl (C=O) groups is 3. The first-order valence-corrected chi connectivity index (χ1v) is 15.4. The molecule has 15 heteroatoms. The number of nitrogens with zero attached hydrogens (tertiary/aromatic N) is 2. The molecular formula is C25H25ClF3N4O4S3+. The summed E-state index contributed by atoms with van der Waals surface area (Å²) < 4.78 is 41.0. The van der Waals surface area contributed by atoms with Gasteiger partial charge in [0.05, 0.1) is 16.3 Å². The second-order valence-corrected chi connectivity index (χ2v) is 12.4. The van der Waals surface area contributed by atoms with Crippen LogP contribution in [-0.4, -0.2) is 63.0 Å². The van der Waals surface area contributed by atoms with E-state index in [0.717, 1.165) is 47.8 Å². The Morgan fingerprint density at radius 3 is 2.60 bits per heavy atom. The standard InChI is InChI=1S/C25H24ClF3N4O4S3/c26-17-3-2-15(25(27,28)29)10-18(17)39-13-19(34)31-20-22(35)33-21(24(36)37)14(12-40-23(20)33)11-38-16-4-8-32(9-5-16)7-1-6-30/h2-5,8-10,20,23H,1,6-7,11-13,30H2,(H-,31,34,36,37)/p+1/t20-,23-/m1/s1. The smallest absolute Gasteiger partial charge is 0.416 e. The van der Waals surface area contributed by atoms with E-state index in [4.69, 9.17) is 17.3 Å². The third-order valence-corrected chi connectivity index (χ3v) is 10.0. The summed E-state index contributed by atoms with van der Waals surface area (Å²) >= 11 is 9.62. The van der Waals surface area contributed by atoms with Gasteiger partial charge >= 0.3 is 12.1 Å². The van der Waals surface area contributed by atoms with Crippen molar-refractivity contribution >= 4 is 64.7 Å². The molecule has 0 bridgehead atoms. The molecule has 8 nitrogen and oxygen atoms in total. The molecule has 2 aromatic rings. The van der Waals surface area contributed by atoms with Crippen molar-refractivity contribution < 1.29 is 37.2 Å². The highest BCUT2D eigenvalue weighted by Crippen LogP contribution is 2.42. The highest BCUT2D eigenvalue weighted by Gasteiger charge is 2.54. The minimum atomic E-state index is -4.55. The van der Waals surface area contributed by atoms with Gasteiger partial charge in [-0.3, -0.25) is 14.5 Å². The fourth-order valence-electron chi connectivity index (χ4n) is 4.08. The molecule has 1 saturated heterocycles. The molecule has 2 aliphatic heterocycles. The van der Waals surface area contributed by atoms with Crippen LogP contribution < -0.4 is 15.6 Å². The molecule has 2 atom stereocenters. The van der Waals surface area contributed by atoms with Crippen molar-refractivity contribution in [1.82, 2.24) is 10.2 Å². The summed E-state index contributed by atoms with van der Waals surface area (Å²) in [4.78, 5) is 39.8. The van der Waals surface area contributed by atoms with Crippen LogP contribution in [0.1, 0.15) is 12.0 Å². The zero-order valence-corrected chi connectivity index (χ0v) is 24.0. The lowest BCUT2D eigenvalue weighted by Gasteiger charge is -2.49. The van der Waals surface area contributed by atoms with Gasteiger partial charge in [-0.25, -0.2) is 9.36 Å². The van der Waals surface area contributed by atoms with Crippen molar-refractivity contribution in [3.05, 3.63) is 64.6 Å². The zero-order valence-electron chi connectivity index (χ0n) is 20.8. The van der Waals surface area contributed by atoms with E-state index in [1.807, 2.05) is 29.1 Å². The highest BCUT2D eigenvalue weighted by molar-refractivity contribution is 8.01. The number of pyridine rings is 1. The van der Waals surface area contributed by atoms with Crippen molar-refractivity contribution in [2.75, 3.05) is 23.8 Å². The molecule has 0 radical (unpaired) electrons. The molecule has 40 heavy (non-hydrogen) atoms. The van der Waals surface area contributed by atoms with E-state index in [-0.39, 0.29) is 21.4 Å². The maximum atomic E-state index is 13.0. The number of β-lactam (4-membered cyclic amide) rings is 1. The topological polar surface area (TPSA) is 117 Å². The second-order valence-electron chi connectivity index (χ2n) is 8.85. The monoisotopic (exact) mass is 633 g/mol. The number of aliphatic carboxylic acids is 1. The van der Waals surface area contributed by atoms with Gasteiger partial charge in [0.15, 0.2) is 12.4 Å². The van der Waals surface area contributed by atoms with Gasteiger partial charge < -0.3 is 16.2 Å². The molecule has 4 N–H and O–H groups in total. The van der Waals surface area contributed by atoms with Crippen LogP contribution in [0.5, 0.6) is 0 Å². The summed E-state index contributed by atoms with van der Waals surface area (Å²) in [5, 5.41) is 12.0. The number of amides is 2. The van der Waals surface area contributed by atoms with Crippen molar-refractivity contribution in [2.45, 2.75) is 40.3 Å². The van der Waals surface area contributed by atoms with E-state index >= 15 is 0 Å². The van der Waals surface area contributed by atoms with E-state index in [0.29, 0.717) is 23.6 Å². The number of nitrogens with two attached hydrogens (primary N) is 1.